The second-order valence-corrected chi connectivity index (χ2v) is 10.9. The van der Waals surface area contributed by atoms with Gasteiger partial charge in [0.25, 0.3) is 0 Å². The highest BCUT2D eigenvalue weighted by atomic mass is 32.1. The fourth-order valence-corrected chi connectivity index (χ4v) is 5.77. The Morgan fingerprint density at radius 2 is 1.88 bits per heavy atom. The maximum absolute atomic E-state index is 5.71. The third-order valence-corrected chi connectivity index (χ3v) is 7.17. The Hall–Kier alpha value is -2.45. The largest absolute Gasteiger partial charge is 0.496 e. The first-order valence-electron chi connectivity index (χ1n) is 11.2. The van der Waals surface area contributed by atoms with Crippen molar-refractivity contribution in [2.45, 2.75) is 71.0 Å². The third-order valence-electron chi connectivity index (χ3n) is 6.12. The summed E-state index contributed by atoms with van der Waals surface area (Å²) in [7, 11) is 3.83. The van der Waals surface area contributed by atoms with Crippen LogP contribution in [0.4, 0.5) is 5.13 Å². The van der Waals surface area contributed by atoms with Crippen molar-refractivity contribution < 1.29 is 4.74 Å². The Labute approximate surface area is 194 Å². The van der Waals surface area contributed by atoms with Gasteiger partial charge in [0.2, 0.25) is 5.13 Å². The molecule has 32 heavy (non-hydrogen) atoms. The molecule has 0 radical (unpaired) electrons. The van der Waals surface area contributed by atoms with Crippen LogP contribution in [0.1, 0.15) is 53.2 Å². The molecule has 4 rings (SSSR count). The van der Waals surface area contributed by atoms with Crippen molar-refractivity contribution in [3.05, 3.63) is 36.2 Å². The molecular formula is C24H34N6OS. The molecule has 172 valence electrons. The van der Waals surface area contributed by atoms with Crippen molar-refractivity contribution >= 4 is 16.5 Å². The summed E-state index contributed by atoms with van der Waals surface area (Å²) in [4.78, 5) is 2.29. The Bertz CT molecular complexity index is 1070. The highest BCUT2D eigenvalue weighted by molar-refractivity contribution is 7.18. The van der Waals surface area contributed by atoms with Gasteiger partial charge in [-0.1, -0.05) is 18.3 Å². The standard InChI is InChI=1S/C24H34N6OS/c1-8-16-11-12-30(27-16)17-9-10-19(20(13-17)31-7)21-25-26-22(32-21)29(6)18-14-23(2,3)28-24(4,5)15-18/h9-13,18,28H,8,14-15H2,1-7H3. The van der Waals surface area contributed by atoms with Crippen molar-refractivity contribution in [2.24, 2.45) is 0 Å². The normalized spacial score (nSPS) is 18.0. The number of nitrogens with zero attached hydrogens (tertiary/aromatic N) is 5. The highest BCUT2D eigenvalue weighted by Gasteiger charge is 2.39. The fourth-order valence-electron chi connectivity index (χ4n) is 4.86. The molecule has 0 atom stereocenters. The van der Waals surface area contributed by atoms with E-state index in [4.69, 9.17) is 4.74 Å². The summed E-state index contributed by atoms with van der Waals surface area (Å²) >= 11 is 1.61. The van der Waals surface area contributed by atoms with Gasteiger partial charge in [0, 0.05) is 36.4 Å². The van der Waals surface area contributed by atoms with Gasteiger partial charge in [-0.15, -0.1) is 10.2 Å². The molecule has 0 unspecified atom stereocenters. The Morgan fingerprint density at radius 3 is 2.50 bits per heavy atom. The van der Waals surface area contributed by atoms with E-state index in [0.717, 1.165) is 52.1 Å². The summed E-state index contributed by atoms with van der Waals surface area (Å²) in [6.07, 6.45) is 5.01. The Kier molecular flexibility index (Phi) is 6.02. The lowest BCUT2D eigenvalue weighted by molar-refractivity contribution is 0.161. The predicted octanol–water partition coefficient (Wildman–Crippen LogP) is 4.71. The van der Waals surface area contributed by atoms with Crippen LogP contribution in [0.5, 0.6) is 5.75 Å². The number of hydrogen-bond acceptors (Lipinski definition) is 7. The molecule has 0 amide bonds. The van der Waals surface area contributed by atoms with E-state index in [9.17, 15) is 0 Å². The average Bonchev–Trinajstić information content (AvgIpc) is 3.40. The molecule has 1 N–H and O–H groups in total. The predicted molar refractivity (Wildman–Crippen MR) is 131 cm³/mol. The minimum absolute atomic E-state index is 0.0807. The second-order valence-electron chi connectivity index (χ2n) is 9.95. The van der Waals surface area contributed by atoms with Gasteiger partial charge in [-0.05, 0) is 65.2 Å². The Morgan fingerprint density at radius 1 is 1.16 bits per heavy atom. The quantitative estimate of drug-likeness (QED) is 0.582. The first-order valence-corrected chi connectivity index (χ1v) is 12.0. The molecule has 0 bridgehead atoms. The van der Waals surface area contributed by atoms with Gasteiger partial charge in [0.05, 0.1) is 24.1 Å². The lowest BCUT2D eigenvalue weighted by Crippen LogP contribution is -2.61. The summed E-state index contributed by atoms with van der Waals surface area (Å²) in [5.74, 6) is 0.769. The molecule has 8 heteroatoms. The summed E-state index contributed by atoms with van der Waals surface area (Å²) in [5, 5.41) is 19.2. The number of aryl methyl sites for hydroxylation is 1. The molecule has 7 nitrogen and oxygen atoms in total. The van der Waals surface area contributed by atoms with Crippen molar-refractivity contribution in [3.63, 3.8) is 0 Å². The zero-order valence-electron chi connectivity index (χ0n) is 20.1. The summed E-state index contributed by atoms with van der Waals surface area (Å²) < 4.78 is 7.59. The summed E-state index contributed by atoms with van der Waals surface area (Å²) in [6, 6.07) is 8.54. The number of aromatic nitrogens is 4. The van der Waals surface area contributed by atoms with Crippen LogP contribution >= 0.6 is 11.3 Å². The van der Waals surface area contributed by atoms with Gasteiger partial charge >= 0.3 is 0 Å². The average molecular weight is 455 g/mol. The van der Waals surface area contributed by atoms with Gasteiger partial charge in [0.15, 0.2) is 5.01 Å². The van der Waals surface area contributed by atoms with Crippen molar-refractivity contribution in [2.75, 3.05) is 19.1 Å². The van der Waals surface area contributed by atoms with E-state index in [0.29, 0.717) is 6.04 Å². The lowest BCUT2D eigenvalue weighted by atomic mass is 9.79. The Balaban J connectivity index is 1.59. The molecule has 1 aromatic carbocycles. The van der Waals surface area contributed by atoms with Gasteiger partial charge in [0.1, 0.15) is 5.75 Å². The highest BCUT2D eigenvalue weighted by Crippen LogP contribution is 2.38. The van der Waals surface area contributed by atoms with Gasteiger partial charge < -0.3 is 15.0 Å². The van der Waals surface area contributed by atoms with Crippen LogP contribution in [0.15, 0.2) is 30.5 Å². The smallest absolute Gasteiger partial charge is 0.208 e. The zero-order valence-corrected chi connectivity index (χ0v) is 21.0. The monoisotopic (exact) mass is 454 g/mol. The molecule has 3 aromatic rings. The molecule has 3 heterocycles. The van der Waals surface area contributed by atoms with Gasteiger partial charge in [-0.3, -0.25) is 0 Å². The van der Waals surface area contributed by atoms with Crippen LogP contribution in [0, 0.1) is 0 Å². The number of piperidine rings is 1. The SMILES string of the molecule is CCc1ccn(-c2ccc(-c3nnc(N(C)C4CC(C)(C)NC(C)(C)C4)s3)c(OC)c2)n1. The number of rotatable bonds is 6. The number of anilines is 1. The van der Waals surface area contributed by atoms with Crippen LogP contribution in [-0.2, 0) is 6.42 Å². The minimum Gasteiger partial charge on any atom is -0.496 e. The zero-order chi connectivity index (χ0) is 23.1. The van der Waals surface area contributed by atoms with Crippen molar-refractivity contribution in [3.8, 4) is 22.0 Å². The van der Waals surface area contributed by atoms with Crippen molar-refractivity contribution in [1.82, 2.24) is 25.3 Å². The van der Waals surface area contributed by atoms with E-state index in [2.05, 4.69) is 67.2 Å². The lowest BCUT2D eigenvalue weighted by Gasteiger charge is -2.48. The number of nitrogens with one attached hydrogen (secondary N) is 1. The first-order chi connectivity index (χ1) is 15.1. The number of ether oxygens (including phenoxy) is 1. The summed E-state index contributed by atoms with van der Waals surface area (Å²) in [5.41, 5.74) is 3.14. The third kappa shape index (κ3) is 4.66. The minimum atomic E-state index is 0.0807. The molecule has 2 aromatic heterocycles. The molecule has 1 saturated heterocycles. The molecule has 0 spiro atoms. The molecule has 0 saturated carbocycles. The van der Waals surface area contributed by atoms with Crippen LogP contribution in [-0.4, -0.2) is 51.3 Å². The number of benzene rings is 1. The molecular weight excluding hydrogens is 420 g/mol. The van der Waals surface area contributed by atoms with Gasteiger partial charge in [-0.2, -0.15) is 5.10 Å². The van der Waals surface area contributed by atoms with Crippen LogP contribution < -0.4 is 15.0 Å². The van der Waals surface area contributed by atoms with E-state index in [1.807, 2.05) is 35.1 Å². The number of methoxy groups -OCH3 is 1. The first kappa shape index (κ1) is 22.7. The van der Waals surface area contributed by atoms with E-state index < -0.39 is 0 Å². The maximum Gasteiger partial charge on any atom is 0.208 e. The molecule has 1 fully saturated rings. The summed E-state index contributed by atoms with van der Waals surface area (Å²) in [6.45, 7) is 11.2. The molecule has 1 aliphatic heterocycles. The molecule has 1 aliphatic rings. The maximum atomic E-state index is 5.71. The number of hydrogen-bond donors (Lipinski definition) is 1. The van der Waals surface area contributed by atoms with Crippen LogP contribution in [0.25, 0.3) is 16.3 Å². The van der Waals surface area contributed by atoms with Gasteiger partial charge in [-0.25, -0.2) is 4.68 Å². The van der Waals surface area contributed by atoms with E-state index in [1.165, 1.54) is 0 Å². The van der Waals surface area contributed by atoms with E-state index >= 15 is 0 Å². The van der Waals surface area contributed by atoms with Crippen molar-refractivity contribution in [1.29, 1.82) is 0 Å². The van der Waals surface area contributed by atoms with E-state index in [-0.39, 0.29) is 11.1 Å². The van der Waals surface area contributed by atoms with E-state index in [1.54, 1.807) is 18.4 Å². The molecule has 0 aliphatic carbocycles. The topological polar surface area (TPSA) is 68.1 Å². The van der Waals surface area contributed by atoms with Crippen LogP contribution in [0.2, 0.25) is 0 Å². The van der Waals surface area contributed by atoms with Crippen LogP contribution in [0.3, 0.4) is 0 Å². The fraction of sp³-hybridized carbons (Fsp3) is 0.542. The second kappa shape index (κ2) is 8.48.